The van der Waals surface area contributed by atoms with Gasteiger partial charge < -0.3 is 10.3 Å². The van der Waals surface area contributed by atoms with Crippen molar-refractivity contribution in [1.29, 1.82) is 0 Å². The molecular weight excluding hydrogens is 274 g/mol. The molecule has 110 valence electrons. The SMILES string of the molecule is CC(C)CC(N)c1nc2cc(S(C)(=O)=O)ccc2n1C. The van der Waals surface area contributed by atoms with Gasteiger partial charge in [0.1, 0.15) is 5.82 Å². The van der Waals surface area contributed by atoms with Crippen LogP contribution in [0.5, 0.6) is 0 Å². The number of imidazole rings is 1. The number of aromatic nitrogens is 2. The molecule has 0 aliphatic heterocycles. The number of rotatable bonds is 4. The highest BCUT2D eigenvalue weighted by atomic mass is 32.2. The molecule has 1 aromatic carbocycles. The number of nitrogens with two attached hydrogens (primary N) is 1. The van der Waals surface area contributed by atoms with Crippen molar-refractivity contribution in [2.75, 3.05) is 6.26 Å². The molecule has 0 radical (unpaired) electrons. The van der Waals surface area contributed by atoms with E-state index in [1.807, 2.05) is 11.6 Å². The van der Waals surface area contributed by atoms with E-state index < -0.39 is 9.84 Å². The smallest absolute Gasteiger partial charge is 0.175 e. The Morgan fingerprint density at radius 1 is 1.35 bits per heavy atom. The maximum absolute atomic E-state index is 11.6. The standard InChI is InChI=1S/C14H21N3O2S/c1-9(2)7-11(15)14-16-12-8-10(20(4,18)19)5-6-13(12)17(14)3/h5-6,8-9,11H,7,15H2,1-4H3. The van der Waals surface area contributed by atoms with Crippen molar-refractivity contribution >= 4 is 20.9 Å². The van der Waals surface area contributed by atoms with Gasteiger partial charge >= 0.3 is 0 Å². The molecule has 20 heavy (non-hydrogen) atoms. The molecule has 0 saturated carbocycles. The zero-order valence-electron chi connectivity index (χ0n) is 12.3. The van der Waals surface area contributed by atoms with Gasteiger partial charge in [0.05, 0.1) is 22.0 Å². The van der Waals surface area contributed by atoms with E-state index >= 15 is 0 Å². The van der Waals surface area contributed by atoms with Crippen LogP contribution in [0.2, 0.25) is 0 Å². The molecule has 0 bridgehead atoms. The minimum Gasteiger partial charge on any atom is -0.330 e. The first-order chi connectivity index (χ1) is 9.20. The Morgan fingerprint density at radius 3 is 2.55 bits per heavy atom. The van der Waals surface area contributed by atoms with E-state index in [9.17, 15) is 8.42 Å². The second-order valence-electron chi connectivity index (χ2n) is 5.69. The summed E-state index contributed by atoms with van der Waals surface area (Å²) in [5.41, 5.74) is 7.75. The first-order valence-electron chi connectivity index (χ1n) is 6.62. The minimum absolute atomic E-state index is 0.144. The lowest BCUT2D eigenvalue weighted by molar-refractivity contribution is 0.485. The summed E-state index contributed by atoms with van der Waals surface area (Å²) in [6.07, 6.45) is 2.04. The van der Waals surface area contributed by atoms with Gasteiger partial charge in [0.25, 0.3) is 0 Å². The van der Waals surface area contributed by atoms with Gasteiger partial charge in [-0.3, -0.25) is 0 Å². The van der Waals surface area contributed by atoms with Gasteiger partial charge in [0, 0.05) is 13.3 Å². The van der Waals surface area contributed by atoms with E-state index in [1.165, 1.54) is 6.26 Å². The van der Waals surface area contributed by atoms with Crippen molar-refractivity contribution in [3.8, 4) is 0 Å². The zero-order valence-corrected chi connectivity index (χ0v) is 13.1. The molecule has 1 heterocycles. The Morgan fingerprint density at radius 2 is 2.00 bits per heavy atom. The van der Waals surface area contributed by atoms with Crippen LogP contribution in [-0.2, 0) is 16.9 Å². The summed E-state index contributed by atoms with van der Waals surface area (Å²) in [5.74, 6) is 1.27. The Bertz CT molecular complexity index is 732. The summed E-state index contributed by atoms with van der Waals surface area (Å²) >= 11 is 0. The topological polar surface area (TPSA) is 78.0 Å². The molecule has 2 aromatic rings. The molecule has 0 saturated heterocycles. The quantitative estimate of drug-likeness (QED) is 0.936. The molecule has 0 aliphatic carbocycles. The van der Waals surface area contributed by atoms with E-state index in [0.29, 0.717) is 11.4 Å². The lowest BCUT2D eigenvalue weighted by atomic mass is 10.0. The van der Waals surface area contributed by atoms with E-state index in [0.717, 1.165) is 17.8 Å². The van der Waals surface area contributed by atoms with Crippen LogP contribution in [0.3, 0.4) is 0 Å². The van der Waals surface area contributed by atoms with Gasteiger partial charge in [-0.15, -0.1) is 0 Å². The van der Waals surface area contributed by atoms with Gasteiger partial charge in [-0.25, -0.2) is 13.4 Å². The van der Waals surface area contributed by atoms with Crippen molar-refractivity contribution in [2.24, 2.45) is 18.7 Å². The predicted molar refractivity (Wildman–Crippen MR) is 80.2 cm³/mol. The average Bonchev–Trinajstić information content (AvgIpc) is 2.64. The van der Waals surface area contributed by atoms with Crippen LogP contribution in [0.25, 0.3) is 11.0 Å². The molecule has 1 atom stereocenters. The summed E-state index contributed by atoms with van der Waals surface area (Å²) in [4.78, 5) is 4.80. The summed E-state index contributed by atoms with van der Waals surface area (Å²) in [5, 5.41) is 0. The van der Waals surface area contributed by atoms with E-state index in [1.54, 1.807) is 18.2 Å². The highest BCUT2D eigenvalue weighted by Crippen LogP contribution is 2.24. The van der Waals surface area contributed by atoms with Crippen LogP contribution >= 0.6 is 0 Å². The maximum Gasteiger partial charge on any atom is 0.175 e. The monoisotopic (exact) mass is 295 g/mol. The fourth-order valence-corrected chi connectivity index (χ4v) is 3.01. The van der Waals surface area contributed by atoms with Gasteiger partial charge in [-0.05, 0) is 30.5 Å². The molecule has 2 rings (SSSR count). The Balaban J connectivity index is 2.52. The summed E-state index contributed by atoms with van der Waals surface area (Å²) in [6.45, 7) is 4.23. The molecule has 1 aromatic heterocycles. The first kappa shape index (κ1) is 15.0. The van der Waals surface area contributed by atoms with Gasteiger partial charge in [0.15, 0.2) is 9.84 Å². The third-order valence-corrected chi connectivity index (χ3v) is 4.48. The lowest BCUT2D eigenvalue weighted by Gasteiger charge is -2.13. The highest BCUT2D eigenvalue weighted by molar-refractivity contribution is 7.90. The number of aryl methyl sites for hydroxylation is 1. The number of sulfone groups is 1. The normalized spacial score (nSPS) is 14.1. The Labute approximate surface area is 119 Å². The van der Waals surface area contributed by atoms with Crippen molar-refractivity contribution < 1.29 is 8.42 Å². The molecule has 5 nitrogen and oxygen atoms in total. The van der Waals surface area contributed by atoms with Gasteiger partial charge in [-0.2, -0.15) is 0 Å². The zero-order chi connectivity index (χ0) is 15.1. The highest BCUT2D eigenvalue weighted by Gasteiger charge is 2.17. The fraction of sp³-hybridized carbons (Fsp3) is 0.500. The van der Waals surface area contributed by atoms with Gasteiger partial charge in [0.2, 0.25) is 0 Å². The van der Waals surface area contributed by atoms with Crippen LogP contribution < -0.4 is 5.73 Å². The van der Waals surface area contributed by atoms with Gasteiger partial charge in [-0.1, -0.05) is 13.8 Å². The second kappa shape index (κ2) is 5.18. The lowest BCUT2D eigenvalue weighted by Crippen LogP contribution is -2.17. The number of nitrogens with zero attached hydrogens (tertiary/aromatic N) is 2. The third-order valence-electron chi connectivity index (χ3n) is 3.37. The van der Waals surface area contributed by atoms with Crippen molar-refractivity contribution in [2.45, 2.75) is 31.2 Å². The molecule has 2 N–H and O–H groups in total. The van der Waals surface area contributed by atoms with E-state index in [2.05, 4.69) is 18.8 Å². The molecule has 1 unspecified atom stereocenters. The summed E-state index contributed by atoms with van der Waals surface area (Å²) in [6, 6.07) is 4.85. The Hall–Kier alpha value is -1.40. The molecular formula is C14H21N3O2S. The van der Waals surface area contributed by atoms with Crippen LogP contribution in [0.4, 0.5) is 0 Å². The molecule has 0 aliphatic rings. The molecule has 0 fully saturated rings. The largest absolute Gasteiger partial charge is 0.330 e. The third kappa shape index (κ3) is 2.86. The minimum atomic E-state index is -3.22. The van der Waals surface area contributed by atoms with Crippen molar-refractivity contribution in [1.82, 2.24) is 9.55 Å². The van der Waals surface area contributed by atoms with Crippen LogP contribution in [0, 0.1) is 5.92 Å². The maximum atomic E-state index is 11.6. The summed E-state index contributed by atoms with van der Waals surface area (Å²) < 4.78 is 25.1. The predicted octanol–water partition coefficient (Wildman–Crippen LogP) is 2.02. The number of benzene rings is 1. The molecule has 6 heteroatoms. The average molecular weight is 295 g/mol. The second-order valence-corrected chi connectivity index (χ2v) is 7.70. The fourth-order valence-electron chi connectivity index (χ4n) is 2.37. The van der Waals surface area contributed by atoms with Crippen LogP contribution in [0.15, 0.2) is 23.1 Å². The van der Waals surface area contributed by atoms with Crippen LogP contribution in [0.1, 0.15) is 32.1 Å². The molecule has 0 spiro atoms. The van der Waals surface area contributed by atoms with Crippen LogP contribution in [-0.4, -0.2) is 24.2 Å². The Kier molecular flexibility index (Phi) is 3.88. The van der Waals surface area contributed by atoms with Crippen molar-refractivity contribution in [3.63, 3.8) is 0 Å². The molecule has 0 amide bonds. The van der Waals surface area contributed by atoms with Crippen molar-refractivity contribution in [3.05, 3.63) is 24.0 Å². The number of fused-ring (bicyclic) bond motifs is 1. The van der Waals surface area contributed by atoms with E-state index in [-0.39, 0.29) is 10.9 Å². The number of hydrogen-bond donors (Lipinski definition) is 1. The first-order valence-corrected chi connectivity index (χ1v) is 8.51. The number of hydrogen-bond acceptors (Lipinski definition) is 4. The van der Waals surface area contributed by atoms with E-state index in [4.69, 9.17) is 5.73 Å². The summed E-state index contributed by atoms with van der Waals surface area (Å²) in [7, 11) is -1.31.